The molecule has 0 N–H and O–H groups in total. The number of amides is 2. The Morgan fingerprint density at radius 1 is 0.967 bits per heavy atom. The molecule has 160 valence electrons. The number of benzene rings is 2. The standard InChI is InChI=1S/C22H23F3N2O3/c1-16(30-15-17-6-3-2-4-7-17)20(28)26-10-12-27(13-11-26)21(29)18-8-5-9-19(14-18)22(23,24)25/h2-9,14,16H,10-13,15H2,1H3. The smallest absolute Gasteiger partial charge is 0.364 e. The van der Waals surface area contributed by atoms with E-state index in [9.17, 15) is 22.8 Å². The summed E-state index contributed by atoms with van der Waals surface area (Å²) in [5.41, 5.74) is 0.101. The maximum atomic E-state index is 12.9. The van der Waals surface area contributed by atoms with Gasteiger partial charge in [-0.25, -0.2) is 0 Å². The van der Waals surface area contributed by atoms with Gasteiger partial charge in [0.2, 0.25) is 0 Å². The van der Waals surface area contributed by atoms with Crippen molar-refractivity contribution in [3.63, 3.8) is 0 Å². The Morgan fingerprint density at radius 2 is 1.60 bits per heavy atom. The zero-order valence-electron chi connectivity index (χ0n) is 16.6. The van der Waals surface area contributed by atoms with Gasteiger partial charge in [0, 0.05) is 31.7 Å². The van der Waals surface area contributed by atoms with Gasteiger partial charge < -0.3 is 14.5 Å². The summed E-state index contributed by atoms with van der Waals surface area (Å²) in [7, 11) is 0. The number of hydrogen-bond acceptors (Lipinski definition) is 3. The van der Waals surface area contributed by atoms with E-state index in [4.69, 9.17) is 4.74 Å². The molecule has 3 rings (SSSR count). The van der Waals surface area contributed by atoms with Gasteiger partial charge in [-0.15, -0.1) is 0 Å². The lowest BCUT2D eigenvalue weighted by Crippen LogP contribution is -2.52. The first-order valence-electron chi connectivity index (χ1n) is 9.66. The second kappa shape index (κ2) is 9.30. The van der Waals surface area contributed by atoms with Gasteiger partial charge in [-0.1, -0.05) is 36.4 Å². The predicted molar refractivity (Wildman–Crippen MR) is 105 cm³/mol. The lowest BCUT2D eigenvalue weighted by atomic mass is 10.1. The van der Waals surface area contributed by atoms with Crippen LogP contribution in [0.1, 0.15) is 28.4 Å². The van der Waals surface area contributed by atoms with E-state index in [1.807, 2.05) is 30.3 Å². The number of carbonyl (C=O) groups is 2. The lowest BCUT2D eigenvalue weighted by molar-refractivity contribution is -0.145. The first kappa shape index (κ1) is 21.8. The van der Waals surface area contributed by atoms with E-state index in [-0.39, 0.29) is 24.6 Å². The van der Waals surface area contributed by atoms with Crippen molar-refractivity contribution < 1.29 is 27.5 Å². The second-order valence-corrected chi connectivity index (χ2v) is 7.13. The Bertz CT molecular complexity index is 879. The summed E-state index contributed by atoms with van der Waals surface area (Å²) in [6.07, 6.45) is -5.13. The number of carbonyl (C=O) groups excluding carboxylic acids is 2. The van der Waals surface area contributed by atoms with E-state index < -0.39 is 23.8 Å². The highest BCUT2D eigenvalue weighted by molar-refractivity contribution is 5.94. The zero-order valence-corrected chi connectivity index (χ0v) is 16.6. The quantitative estimate of drug-likeness (QED) is 0.743. The molecule has 1 atom stereocenters. The number of ether oxygens (including phenoxy) is 1. The number of halogens is 3. The topological polar surface area (TPSA) is 49.9 Å². The Labute approximate surface area is 173 Å². The monoisotopic (exact) mass is 420 g/mol. The van der Waals surface area contributed by atoms with Crippen molar-refractivity contribution in [1.29, 1.82) is 0 Å². The molecule has 1 unspecified atom stereocenters. The average Bonchev–Trinajstić information content (AvgIpc) is 2.77. The summed E-state index contributed by atoms with van der Waals surface area (Å²) in [5, 5.41) is 0. The molecule has 30 heavy (non-hydrogen) atoms. The van der Waals surface area contributed by atoms with Crippen LogP contribution in [0.25, 0.3) is 0 Å². The fourth-order valence-corrected chi connectivity index (χ4v) is 3.26. The van der Waals surface area contributed by atoms with Crippen LogP contribution in [0.2, 0.25) is 0 Å². The molecule has 2 aromatic carbocycles. The fourth-order valence-electron chi connectivity index (χ4n) is 3.26. The summed E-state index contributed by atoms with van der Waals surface area (Å²) in [4.78, 5) is 28.3. The third kappa shape index (κ3) is 5.38. The highest BCUT2D eigenvalue weighted by Crippen LogP contribution is 2.29. The van der Waals surface area contributed by atoms with Crippen LogP contribution in [0.4, 0.5) is 13.2 Å². The van der Waals surface area contributed by atoms with E-state index in [1.54, 1.807) is 11.8 Å². The van der Waals surface area contributed by atoms with Crippen LogP contribution >= 0.6 is 0 Å². The van der Waals surface area contributed by atoms with Crippen LogP contribution < -0.4 is 0 Å². The average molecular weight is 420 g/mol. The van der Waals surface area contributed by atoms with Gasteiger partial charge in [0.25, 0.3) is 11.8 Å². The van der Waals surface area contributed by atoms with Crippen LogP contribution in [-0.2, 0) is 22.3 Å². The lowest BCUT2D eigenvalue weighted by Gasteiger charge is -2.36. The first-order valence-corrected chi connectivity index (χ1v) is 9.66. The molecule has 1 aliphatic heterocycles. The molecule has 0 saturated carbocycles. The summed E-state index contributed by atoms with van der Waals surface area (Å²) in [6, 6.07) is 13.9. The minimum atomic E-state index is -4.50. The van der Waals surface area contributed by atoms with Crippen molar-refractivity contribution in [1.82, 2.24) is 9.80 Å². The third-order valence-corrected chi connectivity index (χ3v) is 5.01. The highest BCUT2D eigenvalue weighted by atomic mass is 19.4. The number of hydrogen-bond donors (Lipinski definition) is 0. The Kier molecular flexibility index (Phi) is 6.77. The van der Waals surface area contributed by atoms with E-state index in [2.05, 4.69) is 0 Å². The Morgan fingerprint density at radius 3 is 2.23 bits per heavy atom. The molecule has 0 aromatic heterocycles. The molecular formula is C22H23F3N2O3. The molecule has 8 heteroatoms. The molecule has 1 saturated heterocycles. The van der Waals surface area contributed by atoms with E-state index in [1.165, 1.54) is 17.0 Å². The Hall–Kier alpha value is -2.87. The predicted octanol–water partition coefficient (Wildman–Crippen LogP) is 3.60. The maximum absolute atomic E-state index is 12.9. The molecule has 1 heterocycles. The first-order chi connectivity index (χ1) is 14.3. The van der Waals surface area contributed by atoms with Crippen LogP contribution in [-0.4, -0.2) is 53.9 Å². The highest BCUT2D eigenvalue weighted by Gasteiger charge is 2.32. The second-order valence-electron chi connectivity index (χ2n) is 7.13. The number of nitrogens with zero attached hydrogens (tertiary/aromatic N) is 2. The van der Waals surface area contributed by atoms with E-state index >= 15 is 0 Å². The van der Waals surface area contributed by atoms with Crippen molar-refractivity contribution in [2.75, 3.05) is 26.2 Å². The van der Waals surface area contributed by atoms with Gasteiger partial charge in [-0.3, -0.25) is 9.59 Å². The van der Waals surface area contributed by atoms with Gasteiger partial charge in [-0.2, -0.15) is 13.2 Å². The molecule has 0 radical (unpaired) electrons. The minimum Gasteiger partial charge on any atom is -0.364 e. The molecule has 2 amide bonds. The summed E-state index contributed by atoms with van der Waals surface area (Å²) < 4.78 is 44.3. The van der Waals surface area contributed by atoms with Gasteiger partial charge in [0.1, 0.15) is 6.10 Å². The maximum Gasteiger partial charge on any atom is 0.416 e. The summed E-state index contributed by atoms with van der Waals surface area (Å²) >= 11 is 0. The van der Waals surface area contributed by atoms with Gasteiger partial charge >= 0.3 is 6.18 Å². The molecule has 0 aliphatic carbocycles. The molecular weight excluding hydrogens is 397 g/mol. The third-order valence-electron chi connectivity index (χ3n) is 5.01. The largest absolute Gasteiger partial charge is 0.416 e. The van der Waals surface area contributed by atoms with Crippen molar-refractivity contribution >= 4 is 11.8 Å². The molecule has 1 fully saturated rings. The molecule has 1 aliphatic rings. The number of piperazine rings is 1. The van der Waals surface area contributed by atoms with E-state index in [0.29, 0.717) is 19.7 Å². The van der Waals surface area contributed by atoms with E-state index in [0.717, 1.165) is 17.7 Å². The van der Waals surface area contributed by atoms with Crippen molar-refractivity contribution in [3.05, 3.63) is 71.3 Å². The molecule has 5 nitrogen and oxygen atoms in total. The van der Waals surface area contributed by atoms with Crippen LogP contribution in [0.3, 0.4) is 0 Å². The van der Waals surface area contributed by atoms with Crippen molar-refractivity contribution in [3.8, 4) is 0 Å². The van der Waals surface area contributed by atoms with Gasteiger partial charge in [0.15, 0.2) is 0 Å². The normalized spacial score (nSPS) is 15.7. The Balaban J connectivity index is 1.52. The van der Waals surface area contributed by atoms with Crippen molar-refractivity contribution in [2.45, 2.75) is 25.8 Å². The van der Waals surface area contributed by atoms with Gasteiger partial charge in [0.05, 0.1) is 12.2 Å². The molecule has 0 bridgehead atoms. The van der Waals surface area contributed by atoms with Crippen LogP contribution in [0.5, 0.6) is 0 Å². The zero-order chi connectivity index (χ0) is 21.7. The van der Waals surface area contributed by atoms with Crippen LogP contribution in [0.15, 0.2) is 54.6 Å². The SMILES string of the molecule is CC(OCc1ccccc1)C(=O)N1CCN(C(=O)c2cccc(C(F)(F)F)c2)CC1. The number of rotatable bonds is 5. The molecule has 2 aromatic rings. The number of alkyl halides is 3. The molecule has 0 spiro atoms. The fraction of sp³-hybridized carbons (Fsp3) is 0.364. The van der Waals surface area contributed by atoms with Crippen molar-refractivity contribution in [2.24, 2.45) is 0 Å². The summed E-state index contributed by atoms with van der Waals surface area (Å²) in [6.45, 7) is 3.14. The minimum absolute atomic E-state index is 0.0100. The summed E-state index contributed by atoms with van der Waals surface area (Å²) in [5.74, 6) is -0.640. The van der Waals surface area contributed by atoms with Crippen LogP contribution in [0, 0.1) is 0 Å². The van der Waals surface area contributed by atoms with Gasteiger partial charge in [-0.05, 0) is 30.7 Å².